The van der Waals surface area contributed by atoms with Crippen molar-refractivity contribution >= 4 is 11.8 Å². The summed E-state index contributed by atoms with van der Waals surface area (Å²) in [6.45, 7) is 2.18. The third kappa shape index (κ3) is 4.84. The van der Waals surface area contributed by atoms with Gasteiger partial charge in [-0.2, -0.15) is 11.8 Å². The molecule has 3 unspecified atom stereocenters. The summed E-state index contributed by atoms with van der Waals surface area (Å²) >= 11 is 2.05. The Balaban J connectivity index is 1.39. The number of hydrogen-bond acceptors (Lipinski definition) is 5. The van der Waals surface area contributed by atoms with Crippen LogP contribution in [0.15, 0.2) is 0 Å². The van der Waals surface area contributed by atoms with E-state index in [0.717, 1.165) is 30.6 Å². The van der Waals surface area contributed by atoms with Gasteiger partial charge >= 0.3 is 0 Å². The molecule has 1 saturated carbocycles. The molecule has 3 aliphatic rings. The predicted octanol–water partition coefficient (Wildman–Crippen LogP) is 3.36. The van der Waals surface area contributed by atoms with Crippen LogP contribution >= 0.6 is 11.8 Å². The number of hydrogen-bond donors (Lipinski definition) is 1. The molecule has 4 nitrogen and oxygen atoms in total. The van der Waals surface area contributed by atoms with E-state index in [2.05, 4.69) is 23.3 Å². The minimum Gasteiger partial charge on any atom is -0.363 e. The Labute approximate surface area is 139 Å². The van der Waals surface area contributed by atoms with Gasteiger partial charge in [0.2, 0.25) is 0 Å². The van der Waals surface area contributed by atoms with Gasteiger partial charge in [0.15, 0.2) is 0 Å². The zero-order valence-corrected chi connectivity index (χ0v) is 14.6. The van der Waals surface area contributed by atoms with Crippen molar-refractivity contribution in [1.82, 2.24) is 5.32 Å². The second-order valence-corrected chi connectivity index (χ2v) is 8.20. The van der Waals surface area contributed by atoms with Gasteiger partial charge in [-0.1, -0.05) is 0 Å². The molecule has 0 bridgehead atoms. The molecule has 0 aromatic carbocycles. The number of nitrogens with one attached hydrogen (secondary N) is 1. The second-order valence-electron chi connectivity index (χ2n) is 7.06. The van der Waals surface area contributed by atoms with E-state index in [1.54, 1.807) is 0 Å². The molecule has 0 amide bonds. The fourth-order valence-electron chi connectivity index (χ4n) is 4.04. The average Bonchev–Trinajstić information content (AvgIpc) is 2.61. The maximum atomic E-state index is 6.13. The summed E-state index contributed by atoms with van der Waals surface area (Å²) in [6, 6.07) is 0.674. The summed E-state index contributed by atoms with van der Waals surface area (Å²) in [4.78, 5) is 9.99. The van der Waals surface area contributed by atoms with Crippen molar-refractivity contribution in [2.75, 3.05) is 26.1 Å². The third-order valence-electron chi connectivity index (χ3n) is 5.53. The fraction of sp³-hybridized carbons (Fsp3) is 1.00. The first-order chi connectivity index (χ1) is 10.8. The van der Waals surface area contributed by atoms with E-state index in [4.69, 9.17) is 14.5 Å². The molecule has 0 spiro atoms. The van der Waals surface area contributed by atoms with Crippen molar-refractivity contribution in [2.24, 2.45) is 11.8 Å². The lowest BCUT2D eigenvalue weighted by Gasteiger charge is -2.39. The number of thioether (sulfide) groups is 1. The molecule has 5 heteroatoms. The van der Waals surface area contributed by atoms with Crippen LogP contribution in [0.5, 0.6) is 0 Å². The highest BCUT2D eigenvalue weighted by Gasteiger charge is 2.31. The van der Waals surface area contributed by atoms with Crippen LogP contribution < -0.4 is 5.32 Å². The molecule has 3 rings (SSSR count). The molecule has 2 saturated heterocycles. The van der Waals surface area contributed by atoms with Crippen molar-refractivity contribution in [3.63, 3.8) is 0 Å². The van der Waals surface area contributed by atoms with Crippen molar-refractivity contribution in [3.8, 4) is 0 Å². The largest absolute Gasteiger partial charge is 0.363 e. The molecule has 2 aliphatic heterocycles. The minimum atomic E-state index is 0.250. The van der Waals surface area contributed by atoms with Gasteiger partial charge in [-0.3, -0.25) is 5.32 Å². The molecule has 3 fully saturated rings. The highest BCUT2D eigenvalue weighted by atomic mass is 32.2. The van der Waals surface area contributed by atoms with Gasteiger partial charge in [-0.05, 0) is 63.5 Å². The topological polar surface area (TPSA) is 39.7 Å². The molecule has 2 heterocycles. The number of rotatable bonds is 5. The Morgan fingerprint density at radius 1 is 1.05 bits per heavy atom. The van der Waals surface area contributed by atoms with Crippen LogP contribution in [-0.2, 0) is 14.5 Å². The summed E-state index contributed by atoms with van der Waals surface area (Å²) in [7, 11) is 0. The summed E-state index contributed by atoms with van der Waals surface area (Å²) in [5.41, 5.74) is 0. The SMILES string of the molecule is CSC1CCC(C2CCCC(OCC3CCOOC3)N2)CC1. The summed E-state index contributed by atoms with van der Waals surface area (Å²) in [5.74, 6) is 1.36. The predicted molar refractivity (Wildman–Crippen MR) is 89.8 cm³/mol. The van der Waals surface area contributed by atoms with Gasteiger partial charge in [-0.25, -0.2) is 9.78 Å². The Hall–Kier alpha value is 0.190. The lowest BCUT2D eigenvalue weighted by atomic mass is 9.80. The van der Waals surface area contributed by atoms with Gasteiger partial charge in [0.05, 0.1) is 19.8 Å². The Morgan fingerprint density at radius 2 is 1.91 bits per heavy atom. The molecule has 3 atom stereocenters. The lowest BCUT2D eigenvalue weighted by molar-refractivity contribution is -0.327. The van der Waals surface area contributed by atoms with Crippen LogP contribution in [0.2, 0.25) is 0 Å². The maximum Gasteiger partial charge on any atom is 0.108 e. The van der Waals surface area contributed by atoms with Gasteiger partial charge in [0, 0.05) is 17.2 Å². The summed E-state index contributed by atoms with van der Waals surface area (Å²) in [5, 5.41) is 4.70. The number of ether oxygens (including phenoxy) is 1. The van der Waals surface area contributed by atoms with Crippen LogP contribution in [0.3, 0.4) is 0 Å². The Morgan fingerprint density at radius 3 is 2.64 bits per heavy atom. The molecule has 0 aromatic rings. The second kappa shape index (κ2) is 8.88. The van der Waals surface area contributed by atoms with E-state index < -0.39 is 0 Å². The molecule has 22 heavy (non-hydrogen) atoms. The quantitative estimate of drug-likeness (QED) is 0.783. The van der Waals surface area contributed by atoms with E-state index in [1.165, 1.54) is 38.5 Å². The first kappa shape index (κ1) is 17.0. The normalized spacial score (nSPS) is 40.5. The molecular formula is C17H31NO3S. The van der Waals surface area contributed by atoms with Gasteiger partial charge in [0.25, 0.3) is 0 Å². The third-order valence-corrected chi connectivity index (χ3v) is 6.67. The van der Waals surface area contributed by atoms with E-state index in [0.29, 0.717) is 25.2 Å². The maximum absolute atomic E-state index is 6.13. The summed E-state index contributed by atoms with van der Waals surface area (Å²) < 4.78 is 6.13. The lowest BCUT2D eigenvalue weighted by Crippen LogP contribution is -2.49. The standard InChI is InChI=1S/C17H31NO3S/c1-22-15-7-5-14(6-8-15)16-3-2-4-17(18-16)19-11-13-9-10-20-21-12-13/h13-18H,2-12H2,1H3. The minimum absolute atomic E-state index is 0.250. The van der Waals surface area contributed by atoms with Crippen molar-refractivity contribution < 1.29 is 14.5 Å². The van der Waals surface area contributed by atoms with Gasteiger partial charge in [0.1, 0.15) is 6.23 Å². The van der Waals surface area contributed by atoms with E-state index in [9.17, 15) is 0 Å². The van der Waals surface area contributed by atoms with Crippen molar-refractivity contribution in [1.29, 1.82) is 0 Å². The zero-order valence-electron chi connectivity index (χ0n) is 13.8. The van der Waals surface area contributed by atoms with E-state index >= 15 is 0 Å². The molecule has 1 aliphatic carbocycles. The Kier molecular flexibility index (Phi) is 6.87. The Bertz CT molecular complexity index is 317. The number of piperidine rings is 1. The van der Waals surface area contributed by atoms with Crippen LogP contribution in [0.1, 0.15) is 51.4 Å². The van der Waals surface area contributed by atoms with Gasteiger partial charge in [-0.15, -0.1) is 0 Å². The first-order valence-corrected chi connectivity index (χ1v) is 10.3. The molecule has 0 radical (unpaired) electrons. The van der Waals surface area contributed by atoms with E-state index in [-0.39, 0.29) is 6.23 Å². The highest BCUT2D eigenvalue weighted by Crippen LogP contribution is 2.35. The average molecular weight is 330 g/mol. The molecular weight excluding hydrogens is 298 g/mol. The van der Waals surface area contributed by atoms with E-state index in [1.807, 2.05) is 0 Å². The van der Waals surface area contributed by atoms with Crippen molar-refractivity contribution in [3.05, 3.63) is 0 Å². The van der Waals surface area contributed by atoms with Crippen molar-refractivity contribution in [2.45, 2.75) is 68.9 Å². The van der Waals surface area contributed by atoms with Gasteiger partial charge < -0.3 is 4.74 Å². The molecule has 0 aromatic heterocycles. The zero-order chi connectivity index (χ0) is 15.2. The van der Waals surface area contributed by atoms with Crippen LogP contribution in [-0.4, -0.2) is 43.6 Å². The molecule has 1 N–H and O–H groups in total. The molecule has 128 valence electrons. The van der Waals surface area contributed by atoms with Crippen LogP contribution in [0.4, 0.5) is 0 Å². The highest BCUT2D eigenvalue weighted by molar-refractivity contribution is 7.99. The first-order valence-electron chi connectivity index (χ1n) is 9.00. The summed E-state index contributed by atoms with van der Waals surface area (Å²) in [6.07, 6.45) is 12.9. The smallest absolute Gasteiger partial charge is 0.108 e. The fourth-order valence-corrected chi connectivity index (χ4v) is 4.79. The van der Waals surface area contributed by atoms with Crippen LogP contribution in [0, 0.1) is 11.8 Å². The van der Waals surface area contributed by atoms with Crippen LogP contribution in [0.25, 0.3) is 0 Å². The monoisotopic (exact) mass is 329 g/mol.